The number of nitro groups is 1. The van der Waals surface area contributed by atoms with E-state index in [0.29, 0.717) is 11.4 Å². The Balaban J connectivity index is 2.17. The summed E-state index contributed by atoms with van der Waals surface area (Å²) in [6, 6.07) is 14.2. The van der Waals surface area contributed by atoms with Crippen molar-refractivity contribution in [1.82, 2.24) is 0 Å². The first kappa shape index (κ1) is 17.0. The molecule has 6 heteroatoms. The maximum absolute atomic E-state index is 12.1. The molecule has 0 bridgehead atoms. The number of benzene rings is 2. The highest BCUT2D eigenvalue weighted by Gasteiger charge is 2.42. The summed E-state index contributed by atoms with van der Waals surface area (Å²) in [6.45, 7) is 0. The van der Waals surface area contributed by atoms with Crippen molar-refractivity contribution in [3.05, 3.63) is 64.2 Å². The number of nitrogens with zero attached hydrogens (tertiary/aromatic N) is 2. The predicted molar refractivity (Wildman–Crippen MR) is 94.8 cm³/mol. The standard InChI is InChI=1S/C19H20N2O4/c1-25-18-10-9-16(21(23)24)13-17(18)20(14-22)19(11-5-6-12-19)15-7-3-2-4-8-15/h2-4,7-10,13-14H,5-6,11-12H2,1H3. The Morgan fingerprint density at radius 2 is 1.84 bits per heavy atom. The van der Waals surface area contributed by atoms with Crippen molar-refractivity contribution >= 4 is 17.8 Å². The second-order valence-electron chi connectivity index (χ2n) is 6.19. The van der Waals surface area contributed by atoms with Gasteiger partial charge in [-0.3, -0.25) is 14.9 Å². The van der Waals surface area contributed by atoms with E-state index in [9.17, 15) is 14.9 Å². The van der Waals surface area contributed by atoms with Crippen molar-refractivity contribution < 1.29 is 14.5 Å². The van der Waals surface area contributed by atoms with E-state index < -0.39 is 10.5 Å². The Morgan fingerprint density at radius 1 is 1.16 bits per heavy atom. The summed E-state index contributed by atoms with van der Waals surface area (Å²) >= 11 is 0. The minimum absolute atomic E-state index is 0.0659. The zero-order chi connectivity index (χ0) is 17.9. The van der Waals surface area contributed by atoms with Gasteiger partial charge in [-0.15, -0.1) is 0 Å². The molecule has 0 spiro atoms. The van der Waals surface area contributed by atoms with Crippen molar-refractivity contribution in [3.63, 3.8) is 0 Å². The van der Waals surface area contributed by atoms with Gasteiger partial charge in [0.25, 0.3) is 5.69 Å². The molecule has 0 N–H and O–H groups in total. The normalized spacial score (nSPS) is 15.6. The second-order valence-corrected chi connectivity index (χ2v) is 6.19. The van der Waals surface area contributed by atoms with E-state index in [1.54, 1.807) is 4.90 Å². The van der Waals surface area contributed by atoms with Gasteiger partial charge in [0.2, 0.25) is 6.41 Å². The molecule has 0 unspecified atom stereocenters. The minimum atomic E-state index is -0.508. The fourth-order valence-electron chi connectivity index (χ4n) is 3.75. The molecule has 0 aromatic heterocycles. The van der Waals surface area contributed by atoms with Gasteiger partial charge in [-0.1, -0.05) is 43.2 Å². The van der Waals surface area contributed by atoms with Crippen LogP contribution in [0.25, 0.3) is 0 Å². The Hall–Kier alpha value is -2.89. The average molecular weight is 340 g/mol. The number of ether oxygens (including phenoxy) is 1. The molecule has 1 saturated carbocycles. The largest absolute Gasteiger partial charge is 0.495 e. The van der Waals surface area contributed by atoms with Crippen LogP contribution in [0.3, 0.4) is 0 Å². The van der Waals surface area contributed by atoms with Gasteiger partial charge in [-0.2, -0.15) is 0 Å². The SMILES string of the molecule is COc1ccc([N+](=O)[O-])cc1N(C=O)C1(c2ccccc2)CCCC1. The third-order valence-corrected chi connectivity index (χ3v) is 4.94. The summed E-state index contributed by atoms with van der Waals surface area (Å²) in [5.74, 6) is 0.444. The van der Waals surface area contributed by atoms with E-state index in [0.717, 1.165) is 37.7 Å². The zero-order valence-corrected chi connectivity index (χ0v) is 14.1. The number of rotatable bonds is 6. The van der Waals surface area contributed by atoms with Crippen LogP contribution in [0.2, 0.25) is 0 Å². The molecule has 0 heterocycles. The molecule has 0 radical (unpaired) electrons. The van der Waals surface area contributed by atoms with Crippen LogP contribution in [0.4, 0.5) is 11.4 Å². The Kier molecular flexibility index (Phi) is 4.70. The van der Waals surface area contributed by atoms with Gasteiger partial charge in [0.05, 0.1) is 23.3 Å². The van der Waals surface area contributed by atoms with Crippen molar-refractivity contribution in [2.24, 2.45) is 0 Å². The highest BCUT2D eigenvalue weighted by molar-refractivity contribution is 5.83. The fraction of sp³-hybridized carbons (Fsp3) is 0.316. The van der Waals surface area contributed by atoms with Crippen molar-refractivity contribution in [1.29, 1.82) is 0 Å². The maximum atomic E-state index is 12.1. The van der Waals surface area contributed by atoms with E-state index >= 15 is 0 Å². The van der Waals surface area contributed by atoms with Crippen molar-refractivity contribution in [2.45, 2.75) is 31.2 Å². The third-order valence-electron chi connectivity index (χ3n) is 4.94. The topological polar surface area (TPSA) is 72.7 Å². The molecular weight excluding hydrogens is 320 g/mol. The Bertz CT molecular complexity index is 770. The summed E-state index contributed by atoms with van der Waals surface area (Å²) in [5, 5.41) is 11.2. The summed E-state index contributed by atoms with van der Waals surface area (Å²) in [4.78, 5) is 24.5. The molecular formula is C19H20N2O4. The lowest BCUT2D eigenvalue weighted by molar-refractivity contribution is -0.384. The van der Waals surface area contributed by atoms with Gasteiger partial charge in [0.15, 0.2) is 0 Å². The van der Waals surface area contributed by atoms with Gasteiger partial charge in [-0.05, 0) is 24.5 Å². The molecule has 0 saturated heterocycles. The van der Waals surface area contributed by atoms with Crippen LogP contribution in [0.1, 0.15) is 31.2 Å². The molecule has 1 aliphatic carbocycles. The van der Waals surface area contributed by atoms with Crippen LogP contribution in [-0.2, 0) is 10.3 Å². The average Bonchev–Trinajstić information content (AvgIpc) is 3.13. The Labute approximate surface area is 146 Å². The maximum Gasteiger partial charge on any atom is 0.271 e. The number of amides is 1. The lowest BCUT2D eigenvalue weighted by Crippen LogP contribution is -2.44. The monoisotopic (exact) mass is 340 g/mol. The lowest BCUT2D eigenvalue weighted by atomic mass is 9.86. The number of nitro benzene ring substituents is 1. The van der Waals surface area contributed by atoms with Crippen LogP contribution in [0, 0.1) is 10.1 Å². The second kappa shape index (κ2) is 6.93. The molecule has 25 heavy (non-hydrogen) atoms. The van der Waals surface area contributed by atoms with Crippen LogP contribution >= 0.6 is 0 Å². The molecule has 1 amide bonds. The molecule has 3 rings (SSSR count). The van der Waals surface area contributed by atoms with Crippen molar-refractivity contribution in [2.75, 3.05) is 12.0 Å². The first-order valence-corrected chi connectivity index (χ1v) is 8.25. The molecule has 130 valence electrons. The first-order chi connectivity index (χ1) is 12.1. The number of anilines is 1. The smallest absolute Gasteiger partial charge is 0.271 e. The van der Waals surface area contributed by atoms with E-state index in [1.807, 2.05) is 30.3 Å². The van der Waals surface area contributed by atoms with E-state index in [2.05, 4.69) is 0 Å². The van der Waals surface area contributed by atoms with Gasteiger partial charge in [-0.25, -0.2) is 0 Å². The zero-order valence-electron chi connectivity index (χ0n) is 14.1. The number of non-ortho nitro benzene ring substituents is 1. The van der Waals surface area contributed by atoms with E-state index in [4.69, 9.17) is 4.74 Å². The molecule has 1 fully saturated rings. The third kappa shape index (κ3) is 2.95. The predicted octanol–water partition coefficient (Wildman–Crippen LogP) is 4.04. The van der Waals surface area contributed by atoms with Gasteiger partial charge >= 0.3 is 0 Å². The first-order valence-electron chi connectivity index (χ1n) is 8.25. The fourth-order valence-corrected chi connectivity index (χ4v) is 3.75. The van der Waals surface area contributed by atoms with Crippen LogP contribution in [-0.4, -0.2) is 18.4 Å². The molecule has 2 aromatic rings. The number of methoxy groups -OCH3 is 1. The van der Waals surface area contributed by atoms with Crippen LogP contribution < -0.4 is 9.64 Å². The molecule has 2 aromatic carbocycles. The summed E-state index contributed by atoms with van der Waals surface area (Å²) in [5.41, 5.74) is 0.889. The number of hydrogen-bond acceptors (Lipinski definition) is 4. The number of carbonyl (C=O) groups is 1. The van der Waals surface area contributed by atoms with Gasteiger partial charge < -0.3 is 9.64 Å². The highest BCUT2D eigenvalue weighted by Crippen LogP contribution is 2.47. The molecule has 6 nitrogen and oxygen atoms in total. The molecule has 0 atom stereocenters. The number of hydrogen-bond donors (Lipinski definition) is 0. The number of carbonyl (C=O) groups excluding carboxylic acids is 1. The van der Waals surface area contributed by atoms with Crippen molar-refractivity contribution in [3.8, 4) is 5.75 Å². The van der Waals surface area contributed by atoms with E-state index in [-0.39, 0.29) is 5.69 Å². The molecule has 0 aliphatic heterocycles. The molecule has 1 aliphatic rings. The summed E-state index contributed by atoms with van der Waals surface area (Å²) in [6.07, 6.45) is 4.37. The Morgan fingerprint density at radius 3 is 2.40 bits per heavy atom. The quantitative estimate of drug-likeness (QED) is 0.452. The van der Waals surface area contributed by atoms with Gasteiger partial charge in [0, 0.05) is 12.1 Å². The summed E-state index contributed by atoms with van der Waals surface area (Å²) in [7, 11) is 1.50. The highest BCUT2D eigenvalue weighted by atomic mass is 16.6. The van der Waals surface area contributed by atoms with E-state index in [1.165, 1.54) is 25.3 Å². The lowest BCUT2D eigenvalue weighted by Gasteiger charge is -2.40. The van der Waals surface area contributed by atoms with Gasteiger partial charge in [0.1, 0.15) is 5.75 Å². The van der Waals surface area contributed by atoms with Crippen LogP contribution in [0.5, 0.6) is 5.75 Å². The minimum Gasteiger partial charge on any atom is -0.495 e. The summed E-state index contributed by atoms with van der Waals surface area (Å²) < 4.78 is 5.38. The van der Waals surface area contributed by atoms with Crippen LogP contribution in [0.15, 0.2) is 48.5 Å².